The lowest BCUT2D eigenvalue weighted by Gasteiger charge is -2.24. The molecule has 1 aliphatic rings. The Balaban J connectivity index is 1.55. The number of anilines is 2. The summed E-state index contributed by atoms with van der Waals surface area (Å²) in [5, 5.41) is 18.6. The van der Waals surface area contributed by atoms with Gasteiger partial charge < -0.3 is 16.2 Å². The van der Waals surface area contributed by atoms with E-state index in [1.165, 1.54) is 0 Å². The first-order valence-corrected chi connectivity index (χ1v) is 13.3. The number of nitrogens with zero attached hydrogens (tertiary/aromatic N) is 4. The second-order valence-electron chi connectivity index (χ2n) is 10.9. The molecular weight excluding hydrogens is 516 g/mol. The van der Waals surface area contributed by atoms with Crippen LogP contribution in [0.2, 0.25) is 5.02 Å². The fourth-order valence-corrected chi connectivity index (χ4v) is 5.29. The lowest BCUT2D eigenvalue weighted by molar-refractivity contribution is -0.146. The van der Waals surface area contributed by atoms with Crippen molar-refractivity contribution in [2.75, 3.05) is 11.1 Å². The second kappa shape index (κ2) is 9.64. The molecule has 1 aliphatic heterocycles. The molecule has 4 aromatic rings. The van der Waals surface area contributed by atoms with Gasteiger partial charge in [0.25, 0.3) is 0 Å². The summed E-state index contributed by atoms with van der Waals surface area (Å²) in [6.07, 6.45) is 2.33. The van der Waals surface area contributed by atoms with Gasteiger partial charge in [-0.2, -0.15) is 5.10 Å². The van der Waals surface area contributed by atoms with Gasteiger partial charge in [-0.15, -0.1) is 0 Å². The van der Waals surface area contributed by atoms with Crippen LogP contribution in [-0.4, -0.2) is 36.7 Å². The van der Waals surface area contributed by atoms with E-state index >= 15 is 0 Å². The number of halogens is 1. The SMILES string of the molecule is CCCCn1nc(-c2nc(N)c3c(n2)NC(=O)[C@@]3(C)c2ccc(CC(C)(C)C(=O)O)cc2)c2ccc(Cl)cc21. The molecule has 2 aromatic carbocycles. The number of nitrogens with two attached hydrogens (primary N) is 1. The smallest absolute Gasteiger partial charge is 0.309 e. The molecule has 3 heterocycles. The highest BCUT2D eigenvalue weighted by Crippen LogP contribution is 2.45. The van der Waals surface area contributed by atoms with Gasteiger partial charge in [-0.3, -0.25) is 14.3 Å². The van der Waals surface area contributed by atoms with Crippen molar-refractivity contribution < 1.29 is 14.7 Å². The molecule has 5 rings (SSSR count). The zero-order chi connectivity index (χ0) is 28.1. The first-order valence-electron chi connectivity index (χ1n) is 12.9. The van der Waals surface area contributed by atoms with E-state index in [1.807, 2.05) is 41.1 Å². The van der Waals surface area contributed by atoms with E-state index in [9.17, 15) is 14.7 Å². The number of unbranched alkanes of at least 4 members (excludes halogenated alkanes) is 1. The molecule has 0 saturated carbocycles. The molecule has 9 nitrogen and oxygen atoms in total. The van der Waals surface area contributed by atoms with E-state index in [1.54, 1.807) is 26.8 Å². The van der Waals surface area contributed by atoms with Crippen LogP contribution in [0.4, 0.5) is 11.6 Å². The Morgan fingerprint density at radius 3 is 2.56 bits per heavy atom. The lowest BCUT2D eigenvalue weighted by atomic mass is 9.77. The zero-order valence-electron chi connectivity index (χ0n) is 22.4. The number of aromatic nitrogens is 4. The number of amides is 1. The third-order valence-corrected chi connectivity index (χ3v) is 7.76. The molecule has 202 valence electrons. The number of nitrogens with one attached hydrogen (secondary N) is 1. The quantitative estimate of drug-likeness (QED) is 0.267. The van der Waals surface area contributed by atoms with Gasteiger partial charge in [0.15, 0.2) is 5.82 Å². The van der Waals surface area contributed by atoms with Crippen molar-refractivity contribution in [1.82, 2.24) is 19.7 Å². The number of carbonyl (C=O) groups excluding carboxylic acids is 1. The van der Waals surface area contributed by atoms with E-state index in [2.05, 4.69) is 17.2 Å². The summed E-state index contributed by atoms with van der Waals surface area (Å²) in [6, 6.07) is 12.9. The number of carboxylic acids is 1. The number of hydrogen-bond donors (Lipinski definition) is 3. The largest absolute Gasteiger partial charge is 0.481 e. The van der Waals surface area contributed by atoms with E-state index in [0.717, 1.165) is 35.9 Å². The van der Waals surface area contributed by atoms with Gasteiger partial charge in [-0.1, -0.05) is 49.2 Å². The molecule has 0 spiro atoms. The highest BCUT2D eigenvalue weighted by atomic mass is 35.5. The molecule has 0 bridgehead atoms. The van der Waals surface area contributed by atoms with Gasteiger partial charge in [0, 0.05) is 17.0 Å². The molecule has 0 aliphatic carbocycles. The third-order valence-electron chi connectivity index (χ3n) is 7.53. The minimum Gasteiger partial charge on any atom is -0.481 e. The standard InChI is InChI=1S/C29H31ClN6O3/c1-5-6-13-36-20-14-18(30)11-12-19(20)22(35-36)25-32-23(31)21-24(33-25)34-26(37)29(21,4)17-9-7-16(8-10-17)15-28(2,3)27(38)39/h7-12,14H,5-6,13,15H2,1-4H3,(H,38,39)(H3,31,32,33,34,37)/t29-/m0/s1. The summed E-state index contributed by atoms with van der Waals surface area (Å²) in [5.74, 6) is -0.262. The maximum atomic E-state index is 13.4. The molecule has 0 radical (unpaired) electrons. The third kappa shape index (κ3) is 4.50. The number of carbonyl (C=O) groups is 2. The fraction of sp³-hybridized carbons (Fsp3) is 0.345. The minimum atomic E-state index is -1.12. The summed E-state index contributed by atoms with van der Waals surface area (Å²) < 4.78 is 1.91. The van der Waals surface area contributed by atoms with Crippen molar-refractivity contribution in [3.8, 4) is 11.5 Å². The van der Waals surface area contributed by atoms with Crippen molar-refractivity contribution >= 4 is 46.0 Å². The topological polar surface area (TPSA) is 136 Å². The van der Waals surface area contributed by atoms with Crippen LogP contribution in [-0.2, 0) is 28.0 Å². The first-order chi connectivity index (χ1) is 18.5. The Morgan fingerprint density at radius 2 is 1.90 bits per heavy atom. The number of aryl methyl sites for hydroxylation is 1. The summed E-state index contributed by atoms with van der Waals surface area (Å²) >= 11 is 6.28. The van der Waals surface area contributed by atoms with Crippen LogP contribution in [0.15, 0.2) is 42.5 Å². The predicted molar refractivity (Wildman–Crippen MR) is 152 cm³/mol. The van der Waals surface area contributed by atoms with Gasteiger partial charge in [0.2, 0.25) is 5.91 Å². The summed E-state index contributed by atoms with van der Waals surface area (Å²) in [5.41, 5.74) is 8.03. The summed E-state index contributed by atoms with van der Waals surface area (Å²) in [6.45, 7) is 8.01. The van der Waals surface area contributed by atoms with Crippen molar-refractivity contribution in [1.29, 1.82) is 0 Å². The average Bonchev–Trinajstić information content (AvgIpc) is 3.37. The number of fused-ring (bicyclic) bond motifs is 2. The van der Waals surface area contributed by atoms with Crippen LogP contribution < -0.4 is 11.1 Å². The van der Waals surface area contributed by atoms with Crippen LogP contribution in [0.3, 0.4) is 0 Å². The summed E-state index contributed by atoms with van der Waals surface area (Å²) in [4.78, 5) is 34.3. The summed E-state index contributed by atoms with van der Waals surface area (Å²) in [7, 11) is 0. The van der Waals surface area contributed by atoms with Gasteiger partial charge in [-0.25, -0.2) is 9.97 Å². The molecule has 0 fully saturated rings. The van der Waals surface area contributed by atoms with Crippen LogP contribution >= 0.6 is 11.6 Å². The number of hydrogen-bond acceptors (Lipinski definition) is 6. The van der Waals surface area contributed by atoms with Crippen LogP contribution in [0, 0.1) is 5.41 Å². The monoisotopic (exact) mass is 546 g/mol. The van der Waals surface area contributed by atoms with E-state index in [4.69, 9.17) is 27.4 Å². The molecule has 2 aromatic heterocycles. The fourth-order valence-electron chi connectivity index (χ4n) is 5.12. The molecule has 0 saturated heterocycles. The molecule has 4 N–H and O–H groups in total. The number of rotatable bonds is 8. The number of aliphatic carboxylic acids is 1. The molecule has 10 heteroatoms. The van der Waals surface area contributed by atoms with Gasteiger partial charge in [-0.05, 0) is 62.9 Å². The van der Waals surface area contributed by atoms with Crippen LogP contribution in [0.5, 0.6) is 0 Å². The maximum absolute atomic E-state index is 13.4. The van der Waals surface area contributed by atoms with E-state index in [-0.39, 0.29) is 11.7 Å². The Kier molecular flexibility index (Phi) is 6.58. The van der Waals surface area contributed by atoms with Gasteiger partial charge in [0.05, 0.1) is 16.5 Å². The van der Waals surface area contributed by atoms with Crippen molar-refractivity contribution in [2.45, 2.75) is 58.9 Å². The Hall–Kier alpha value is -3.98. The Morgan fingerprint density at radius 1 is 1.18 bits per heavy atom. The normalized spacial score (nSPS) is 16.9. The molecule has 1 amide bonds. The van der Waals surface area contributed by atoms with Crippen LogP contribution in [0.25, 0.3) is 22.4 Å². The van der Waals surface area contributed by atoms with Gasteiger partial charge >= 0.3 is 5.97 Å². The molecular formula is C29H31ClN6O3. The number of benzene rings is 2. The van der Waals surface area contributed by atoms with Crippen molar-refractivity contribution in [3.63, 3.8) is 0 Å². The van der Waals surface area contributed by atoms with E-state index < -0.39 is 16.8 Å². The molecule has 1 atom stereocenters. The minimum absolute atomic E-state index is 0.192. The van der Waals surface area contributed by atoms with Crippen LogP contribution in [0.1, 0.15) is 57.2 Å². The Bertz CT molecular complexity index is 1610. The predicted octanol–water partition coefficient (Wildman–Crippen LogP) is 5.44. The maximum Gasteiger partial charge on any atom is 0.309 e. The van der Waals surface area contributed by atoms with Crippen molar-refractivity contribution in [2.24, 2.45) is 5.41 Å². The first kappa shape index (κ1) is 26.6. The lowest BCUT2D eigenvalue weighted by Crippen LogP contribution is -2.33. The average molecular weight is 547 g/mol. The highest BCUT2D eigenvalue weighted by Gasteiger charge is 2.47. The second-order valence-corrected chi connectivity index (χ2v) is 11.3. The zero-order valence-corrected chi connectivity index (χ0v) is 23.1. The molecule has 39 heavy (non-hydrogen) atoms. The Labute approximate surface area is 231 Å². The van der Waals surface area contributed by atoms with E-state index in [0.29, 0.717) is 39.9 Å². The number of nitrogen functional groups attached to an aromatic ring is 1. The number of carboxylic acid groups (broad SMARTS) is 1. The highest BCUT2D eigenvalue weighted by molar-refractivity contribution is 6.31. The molecule has 0 unspecified atom stereocenters. The van der Waals surface area contributed by atoms with Crippen molar-refractivity contribution in [3.05, 3.63) is 64.2 Å². The van der Waals surface area contributed by atoms with Gasteiger partial charge in [0.1, 0.15) is 22.7 Å².